The van der Waals surface area contributed by atoms with Crippen molar-refractivity contribution >= 4 is 46.1 Å². The third-order valence-corrected chi connectivity index (χ3v) is 7.62. The molecule has 0 aliphatic carbocycles. The molecular weight excluding hydrogens is 498 g/mol. The summed E-state index contributed by atoms with van der Waals surface area (Å²) in [5.74, 6) is -1.07. The van der Waals surface area contributed by atoms with E-state index in [4.69, 9.17) is 17.0 Å². The van der Waals surface area contributed by atoms with Gasteiger partial charge in [0, 0.05) is 19.6 Å². The summed E-state index contributed by atoms with van der Waals surface area (Å²) in [4.78, 5) is 40.7. The van der Waals surface area contributed by atoms with E-state index in [0.717, 1.165) is 23.0 Å². The summed E-state index contributed by atoms with van der Waals surface area (Å²) in [6, 6.07) is 11.3. The van der Waals surface area contributed by atoms with Crippen LogP contribution < -0.4 is 5.56 Å². The number of Topliss-reactive ketones (excluding diaryl/α,β-unsaturated/α-hetero) is 1. The minimum Gasteiger partial charge on any atom is -0.494 e. The number of carbonyl (C=O) groups is 2. The van der Waals surface area contributed by atoms with Crippen molar-refractivity contribution in [3.05, 3.63) is 67.8 Å². The van der Waals surface area contributed by atoms with Crippen molar-refractivity contribution in [3.8, 4) is 11.9 Å². The molecule has 8 nitrogen and oxygen atoms in total. The molecule has 1 unspecified atom stereocenters. The van der Waals surface area contributed by atoms with E-state index in [1.54, 1.807) is 6.08 Å². The molecule has 3 heterocycles. The van der Waals surface area contributed by atoms with E-state index < -0.39 is 17.2 Å². The summed E-state index contributed by atoms with van der Waals surface area (Å²) in [6.07, 6.45) is 3.41. The molecule has 1 N–H and O–H groups in total. The monoisotopic (exact) mass is 523 g/mol. The first-order valence-electron chi connectivity index (χ1n) is 11.6. The van der Waals surface area contributed by atoms with Gasteiger partial charge < -0.3 is 9.84 Å². The molecule has 10 heteroatoms. The molecule has 2 fully saturated rings. The maximum Gasteiger partial charge on any atom is 0.271 e. The summed E-state index contributed by atoms with van der Waals surface area (Å²) in [7, 11) is 0. The minimum atomic E-state index is -0.637. The predicted molar refractivity (Wildman–Crippen MR) is 141 cm³/mol. The molecule has 0 bridgehead atoms. The first kappa shape index (κ1) is 25.8. The number of aromatic hydroxyl groups is 1. The molecule has 1 aromatic carbocycles. The Morgan fingerprint density at radius 1 is 1.33 bits per heavy atom. The molecular formula is C26H25N3O5S2. The van der Waals surface area contributed by atoms with Gasteiger partial charge in [-0.2, -0.15) is 5.26 Å². The van der Waals surface area contributed by atoms with Gasteiger partial charge in [-0.1, -0.05) is 54.3 Å². The van der Waals surface area contributed by atoms with Gasteiger partial charge in [0.2, 0.25) is 5.88 Å². The second-order valence-corrected chi connectivity index (χ2v) is 10.3. The molecule has 0 saturated carbocycles. The highest BCUT2D eigenvalue weighted by atomic mass is 32.2. The summed E-state index contributed by atoms with van der Waals surface area (Å²) in [5.41, 5.74) is 0.202. The number of carbonyl (C=O) groups excluding carboxylic acids is 2. The zero-order valence-electron chi connectivity index (χ0n) is 19.7. The number of benzene rings is 1. The van der Waals surface area contributed by atoms with Gasteiger partial charge in [0.15, 0.2) is 5.78 Å². The van der Waals surface area contributed by atoms with Crippen LogP contribution in [0.15, 0.2) is 40.0 Å². The van der Waals surface area contributed by atoms with Gasteiger partial charge in [-0.05, 0) is 43.4 Å². The van der Waals surface area contributed by atoms with Crippen LogP contribution in [0.3, 0.4) is 0 Å². The zero-order valence-corrected chi connectivity index (χ0v) is 21.4. The van der Waals surface area contributed by atoms with Crippen LogP contribution in [0.4, 0.5) is 0 Å². The number of aromatic nitrogens is 1. The van der Waals surface area contributed by atoms with Crippen molar-refractivity contribution in [1.82, 2.24) is 9.47 Å². The first-order chi connectivity index (χ1) is 17.3. The molecule has 1 amide bonds. The Bertz CT molecular complexity index is 1340. The lowest BCUT2D eigenvalue weighted by Crippen LogP contribution is -2.31. The van der Waals surface area contributed by atoms with Gasteiger partial charge in [-0.3, -0.25) is 23.9 Å². The first-order valence-corrected chi connectivity index (χ1v) is 12.9. The van der Waals surface area contributed by atoms with Crippen LogP contribution in [0.5, 0.6) is 5.88 Å². The molecule has 0 radical (unpaired) electrons. The lowest BCUT2D eigenvalue weighted by atomic mass is 9.99. The highest BCUT2D eigenvalue weighted by Gasteiger charge is 2.32. The fourth-order valence-electron chi connectivity index (χ4n) is 4.36. The second-order valence-electron chi connectivity index (χ2n) is 8.63. The molecule has 2 aromatic rings. The van der Waals surface area contributed by atoms with E-state index in [9.17, 15) is 24.8 Å². The van der Waals surface area contributed by atoms with Gasteiger partial charge in [0.05, 0.1) is 23.1 Å². The summed E-state index contributed by atoms with van der Waals surface area (Å²) in [5, 5.41) is 20.4. The molecule has 186 valence electrons. The average molecular weight is 524 g/mol. The zero-order chi connectivity index (χ0) is 25.8. The normalized spacial score (nSPS) is 18.7. The Morgan fingerprint density at radius 3 is 2.75 bits per heavy atom. The predicted octanol–water partition coefficient (Wildman–Crippen LogP) is 3.78. The van der Waals surface area contributed by atoms with Crippen molar-refractivity contribution in [1.29, 1.82) is 5.26 Å². The van der Waals surface area contributed by atoms with Gasteiger partial charge in [0.1, 0.15) is 16.0 Å². The highest BCUT2D eigenvalue weighted by Crippen LogP contribution is 2.33. The van der Waals surface area contributed by atoms with E-state index >= 15 is 0 Å². The number of ether oxygens (including phenoxy) is 1. The number of hydrogen-bond acceptors (Lipinski definition) is 8. The number of amides is 1. The quantitative estimate of drug-likeness (QED) is 0.316. The third kappa shape index (κ3) is 5.28. The van der Waals surface area contributed by atoms with Crippen molar-refractivity contribution in [2.24, 2.45) is 0 Å². The molecule has 36 heavy (non-hydrogen) atoms. The number of thioether (sulfide) groups is 1. The second kappa shape index (κ2) is 11.2. The van der Waals surface area contributed by atoms with Crippen molar-refractivity contribution in [3.63, 3.8) is 0 Å². The number of nitrogens with zero attached hydrogens (tertiary/aromatic N) is 3. The van der Waals surface area contributed by atoms with Gasteiger partial charge in [-0.25, -0.2) is 0 Å². The van der Waals surface area contributed by atoms with Gasteiger partial charge in [0.25, 0.3) is 11.5 Å². The average Bonchev–Trinajstić information content (AvgIpc) is 3.46. The SMILES string of the molecule is Cc1c(C(=O)CCCN2C(=O)/C(=C/c3ccccc3)SC2=S)c(O)n(CC2CCCO2)c(=O)c1C#N. The van der Waals surface area contributed by atoms with E-state index in [0.29, 0.717) is 22.3 Å². The van der Waals surface area contributed by atoms with Gasteiger partial charge >= 0.3 is 0 Å². The number of thiocarbonyl (C=S) groups is 1. The largest absolute Gasteiger partial charge is 0.494 e. The maximum atomic E-state index is 13.1. The van der Waals surface area contributed by atoms with Crippen molar-refractivity contribution < 1.29 is 19.4 Å². The number of pyridine rings is 1. The smallest absolute Gasteiger partial charge is 0.271 e. The highest BCUT2D eigenvalue weighted by molar-refractivity contribution is 8.26. The number of ketones is 1. The fraction of sp³-hybridized carbons (Fsp3) is 0.346. The van der Waals surface area contributed by atoms with Crippen molar-refractivity contribution in [2.75, 3.05) is 13.2 Å². The molecule has 2 aliphatic rings. The topological polar surface area (TPSA) is 113 Å². The van der Waals surface area contributed by atoms with Crippen LogP contribution in [0.25, 0.3) is 6.08 Å². The summed E-state index contributed by atoms with van der Waals surface area (Å²) >= 11 is 6.59. The minimum absolute atomic E-state index is 0.00614. The van der Waals surface area contributed by atoms with Gasteiger partial charge in [-0.15, -0.1) is 0 Å². The molecule has 4 rings (SSSR count). The Kier molecular flexibility index (Phi) is 8.04. The Balaban J connectivity index is 1.47. The number of hydrogen-bond donors (Lipinski definition) is 1. The van der Waals surface area contributed by atoms with E-state index in [2.05, 4.69) is 0 Å². The third-order valence-electron chi connectivity index (χ3n) is 6.25. The summed E-state index contributed by atoms with van der Waals surface area (Å²) in [6.45, 7) is 2.37. The number of rotatable bonds is 8. The Hall–Kier alpha value is -3.26. The van der Waals surface area contributed by atoms with Crippen molar-refractivity contribution in [2.45, 2.75) is 45.3 Å². The van der Waals surface area contributed by atoms with E-state index in [1.807, 2.05) is 36.4 Å². The van der Waals surface area contributed by atoms with Crippen LogP contribution in [0.2, 0.25) is 0 Å². The standard InChI is InChI=1S/C26H25N3O5S2/c1-16-19(14-27)23(31)29(15-18-9-6-12-34-18)25(33)22(16)20(30)10-5-11-28-24(32)21(36-26(28)35)13-17-7-3-2-4-8-17/h2-4,7-8,13,18,33H,5-6,9-12,15H2,1H3/b21-13-. The molecule has 2 aliphatic heterocycles. The van der Waals surface area contributed by atoms with Crippen LogP contribution >= 0.6 is 24.0 Å². The number of nitriles is 1. The molecule has 1 aromatic heterocycles. The van der Waals surface area contributed by atoms with Crippen LogP contribution in [0.1, 0.15) is 52.7 Å². The Morgan fingerprint density at radius 2 is 2.08 bits per heavy atom. The molecule has 2 saturated heterocycles. The fourth-order valence-corrected chi connectivity index (χ4v) is 5.67. The van der Waals surface area contributed by atoms with E-state index in [-0.39, 0.29) is 48.2 Å². The van der Waals surface area contributed by atoms with Crippen LogP contribution in [-0.4, -0.2) is 49.8 Å². The molecule has 0 spiro atoms. The molecule has 1 atom stereocenters. The van der Waals surface area contributed by atoms with E-state index in [1.165, 1.54) is 23.6 Å². The summed E-state index contributed by atoms with van der Waals surface area (Å²) < 4.78 is 7.05. The lowest BCUT2D eigenvalue weighted by Gasteiger charge is -2.18. The van der Waals surface area contributed by atoms with Crippen LogP contribution in [0, 0.1) is 18.3 Å². The maximum absolute atomic E-state index is 13.1. The van der Waals surface area contributed by atoms with Crippen LogP contribution in [-0.2, 0) is 16.1 Å². The Labute approximate surface area is 218 Å². The lowest BCUT2D eigenvalue weighted by molar-refractivity contribution is -0.122.